The number of nitrogens with zero attached hydrogens (tertiary/aromatic N) is 1. The smallest absolute Gasteiger partial charge is 0.247 e. The first kappa shape index (κ1) is 11.4. The minimum atomic E-state index is 0.150. The van der Waals surface area contributed by atoms with E-state index in [2.05, 4.69) is 0 Å². The quantitative estimate of drug-likeness (QED) is 0.567. The number of fused-ring (bicyclic) bond motifs is 2. The standard InChI is InChI=1S/C13H20N2O/c1-2-3-4-5-13(16)15-11-6-7-12(15)9-10(14)8-11/h2-5,10-12H,6-9,14H2,1H3/b3-2+,5-4+. The number of carbonyl (C=O) groups excluding carboxylic acids is 1. The van der Waals surface area contributed by atoms with Gasteiger partial charge in [-0.05, 0) is 32.6 Å². The molecule has 0 saturated carbocycles. The van der Waals surface area contributed by atoms with Crippen LogP contribution < -0.4 is 5.73 Å². The van der Waals surface area contributed by atoms with Crippen molar-refractivity contribution >= 4 is 5.91 Å². The first-order chi connectivity index (χ1) is 7.72. The highest BCUT2D eigenvalue weighted by Gasteiger charge is 2.41. The maximum atomic E-state index is 12.0. The fourth-order valence-corrected chi connectivity index (χ4v) is 2.91. The number of hydrogen-bond donors (Lipinski definition) is 1. The lowest BCUT2D eigenvalue weighted by atomic mass is 9.98. The van der Waals surface area contributed by atoms with Crippen molar-refractivity contribution in [3.05, 3.63) is 24.3 Å². The van der Waals surface area contributed by atoms with Crippen LogP contribution in [0.3, 0.4) is 0 Å². The molecule has 88 valence electrons. The molecule has 0 radical (unpaired) electrons. The van der Waals surface area contributed by atoms with Gasteiger partial charge in [0.05, 0.1) is 0 Å². The predicted molar refractivity (Wildman–Crippen MR) is 64.8 cm³/mol. The molecule has 2 atom stereocenters. The molecular formula is C13H20N2O. The van der Waals surface area contributed by atoms with Crippen LogP contribution in [0.2, 0.25) is 0 Å². The Bertz CT molecular complexity index is 308. The Morgan fingerprint density at radius 1 is 1.25 bits per heavy atom. The Morgan fingerprint density at radius 2 is 1.88 bits per heavy atom. The van der Waals surface area contributed by atoms with Gasteiger partial charge in [-0.25, -0.2) is 0 Å². The van der Waals surface area contributed by atoms with Gasteiger partial charge in [-0.3, -0.25) is 4.79 Å². The Balaban J connectivity index is 2.02. The molecule has 2 saturated heterocycles. The summed E-state index contributed by atoms with van der Waals surface area (Å²) in [6.45, 7) is 1.94. The number of amides is 1. The van der Waals surface area contributed by atoms with Crippen LogP contribution in [0.5, 0.6) is 0 Å². The van der Waals surface area contributed by atoms with E-state index in [-0.39, 0.29) is 5.91 Å². The third-order valence-corrected chi connectivity index (χ3v) is 3.57. The zero-order chi connectivity index (χ0) is 11.5. The average molecular weight is 220 g/mol. The third kappa shape index (κ3) is 2.19. The maximum Gasteiger partial charge on any atom is 0.247 e. The highest BCUT2D eigenvalue weighted by Crippen LogP contribution is 2.35. The van der Waals surface area contributed by atoms with Crippen molar-refractivity contribution < 1.29 is 4.79 Å². The van der Waals surface area contributed by atoms with Crippen molar-refractivity contribution in [2.24, 2.45) is 5.73 Å². The van der Waals surface area contributed by atoms with Gasteiger partial charge in [0.25, 0.3) is 0 Å². The van der Waals surface area contributed by atoms with E-state index in [0.29, 0.717) is 18.1 Å². The maximum absolute atomic E-state index is 12.0. The molecule has 3 heteroatoms. The Kier molecular flexibility index (Phi) is 3.44. The summed E-state index contributed by atoms with van der Waals surface area (Å²) >= 11 is 0. The summed E-state index contributed by atoms with van der Waals surface area (Å²) in [7, 11) is 0. The molecule has 2 heterocycles. The molecule has 16 heavy (non-hydrogen) atoms. The van der Waals surface area contributed by atoms with Crippen molar-refractivity contribution in [3.8, 4) is 0 Å². The Hall–Kier alpha value is -1.09. The van der Waals surface area contributed by atoms with Crippen molar-refractivity contribution in [1.29, 1.82) is 0 Å². The summed E-state index contributed by atoms with van der Waals surface area (Å²) in [4.78, 5) is 14.0. The van der Waals surface area contributed by atoms with E-state index in [1.54, 1.807) is 6.08 Å². The molecule has 3 nitrogen and oxygen atoms in total. The van der Waals surface area contributed by atoms with Gasteiger partial charge >= 0.3 is 0 Å². The lowest BCUT2D eigenvalue weighted by molar-refractivity contribution is -0.130. The first-order valence-electron chi connectivity index (χ1n) is 6.09. The SMILES string of the molecule is C/C=C/C=C/C(=O)N1C2CCC1CC(N)C2. The highest BCUT2D eigenvalue weighted by atomic mass is 16.2. The van der Waals surface area contributed by atoms with Gasteiger partial charge in [-0.2, -0.15) is 0 Å². The fourth-order valence-electron chi connectivity index (χ4n) is 2.91. The lowest BCUT2D eigenvalue weighted by Crippen LogP contribution is -2.49. The summed E-state index contributed by atoms with van der Waals surface area (Å²) in [5.74, 6) is 0.150. The molecule has 2 N–H and O–H groups in total. The van der Waals surface area contributed by atoms with Gasteiger partial charge in [0.15, 0.2) is 0 Å². The molecule has 2 rings (SSSR count). The molecule has 2 fully saturated rings. The molecule has 0 aromatic carbocycles. The molecule has 2 aliphatic heterocycles. The van der Waals surface area contributed by atoms with Crippen LogP contribution in [0.25, 0.3) is 0 Å². The number of piperidine rings is 1. The minimum Gasteiger partial charge on any atom is -0.333 e. The molecule has 0 aliphatic carbocycles. The van der Waals surface area contributed by atoms with Crippen LogP contribution in [0, 0.1) is 0 Å². The van der Waals surface area contributed by atoms with Crippen molar-refractivity contribution in [2.75, 3.05) is 0 Å². The van der Waals surface area contributed by atoms with Crippen molar-refractivity contribution in [3.63, 3.8) is 0 Å². The topological polar surface area (TPSA) is 46.3 Å². The van der Waals surface area contributed by atoms with E-state index >= 15 is 0 Å². The summed E-state index contributed by atoms with van der Waals surface area (Å²) in [5, 5.41) is 0. The van der Waals surface area contributed by atoms with Gasteiger partial charge < -0.3 is 10.6 Å². The predicted octanol–water partition coefficient (Wildman–Crippen LogP) is 1.60. The van der Waals surface area contributed by atoms with Crippen molar-refractivity contribution in [2.45, 2.75) is 50.7 Å². The lowest BCUT2D eigenvalue weighted by Gasteiger charge is -2.37. The van der Waals surface area contributed by atoms with Gasteiger partial charge in [0.1, 0.15) is 0 Å². The van der Waals surface area contributed by atoms with Crippen LogP contribution >= 0.6 is 0 Å². The summed E-state index contributed by atoms with van der Waals surface area (Å²) < 4.78 is 0. The number of hydrogen-bond acceptors (Lipinski definition) is 2. The van der Waals surface area contributed by atoms with E-state index in [0.717, 1.165) is 25.7 Å². The van der Waals surface area contributed by atoms with Gasteiger partial charge in [0.2, 0.25) is 5.91 Å². The van der Waals surface area contributed by atoms with E-state index < -0.39 is 0 Å². The van der Waals surface area contributed by atoms with Gasteiger partial charge in [-0.15, -0.1) is 0 Å². The van der Waals surface area contributed by atoms with Gasteiger partial charge in [0, 0.05) is 24.2 Å². The summed E-state index contributed by atoms with van der Waals surface area (Å²) in [5.41, 5.74) is 5.97. The van der Waals surface area contributed by atoms with Crippen LogP contribution in [0.1, 0.15) is 32.6 Å². The second kappa shape index (κ2) is 4.83. The molecule has 0 spiro atoms. The summed E-state index contributed by atoms with van der Waals surface area (Å²) in [6.07, 6.45) is 11.5. The molecule has 2 aliphatic rings. The number of carbonyl (C=O) groups is 1. The molecular weight excluding hydrogens is 200 g/mol. The zero-order valence-electron chi connectivity index (χ0n) is 9.80. The summed E-state index contributed by atoms with van der Waals surface area (Å²) in [6, 6.07) is 1.06. The van der Waals surface area contributed by atoms with E-state index in [4.69, 9.17) is 5.73 Å². The van der Waals surface area contributed by atoms with E-state index in [9.17, 15) is 4.79 Å². The van der Waals surface area contributed by atoms with E-state index in [1.165, 1.54) is 0 Å². The normalized spacial score (nSPS) is 34.1. The Morgan fingerprint density at radius 3 is 2.44 bits per heavy atom. The molecule has 0 aromatic rings. The van der Waals surface area contributed by atoms with E-state index in [1.807, 2.05) is 30.1 Å². The third-order valence-electron chi connectivity index (χ3n) is 3.57. The molecule has 2 unspecified atom stereocenters. The second-order valence-corrected chi connectivity index (χ2v) is 4.75. The fraction of sp³-hybridized carbons (Fsp3) is 0.615. The van der Waals surface area contributed by atoms with Crippen LogP contribution in [-0.4, -0.2) is 28.9 Å². The largest absolute Gasteiger partial charge is 0.333 e. The highest BCUT2D eigenvalue weighted by molar-refractivity contribution is 5.88. The Labute approximate surface area is 97.0 Å². The molecule has 1 amide bonds. The minimum absolute atomic E-state index is 0.150. The number of allylic oxidation sites excluding steroid dienone is 3. The van der Waals surface area contributed by atoms with Crippen LogP contribution in [0.15, 0.2) is 24.3 Å². The zero-order valence-corrected chi connectivity index (χ0v) is 9.80. The van der Waals surface area contributed by atoms with Crippen LogP contribution in [0.4, 0.5) is 0 Å². The molecule has 0 aromatic heterocycles. The number of rotatable bonds is 2. The second-order valence-electron chi connectivity index (χ2n) is 4.75. The van der Waals surface area contributed by atoms with Crippen LogP contribution in [-0.2, 0) is 4.79 Å². The monoisotopic (exact) mass is 220 g/mol. The average Bonchev–Trinajstić information content (AvgIpc) is 2.52. The van der Waals surface area contributed by atoms with Crippen molar-refractivity contribution in [1.82, 2.24) is 4.90 Å². The first-order valence-corrected chi connectivity index (χ1v) is 6.09. The molecule has 2 bridgehead atoms. The number of nitrogens with two attached hydrogens (primary N) is 1. The van der Waals surface area contributed by atoms with Gasteiger partial charge in [-0.1, -0.05) is 18.2 Å².